The zero-order valence-corrected chi connectivity index (χ0v) is 27.0. The maximum absolute atomic E-state index is 14.0. The fourth-order valence-corrected chi connectivity index (χ4v) is 5.53. The van der Waals surface area contributed by atoms with Gasteiger partial charge in [-0.15, -0.1) is 0 Å². The second-order valence-corrected chi connectivity index (χ2v) is 13.4. The summed E-state index contributed by atoms with van der Waals surface area (Å²) in [6.07, 6.45) is 4.15. The van der Waals surface area contributed by atoms with E-state index in [9.17, 15) is 14.4 Å². The maximum atomic E-state index is 14.0. The molecular formula is C33H54N4O4. The van der Waals surface area contributed by atoms with Crippen molar-refractivity contribution in [3.05, 3.63) is 47.5 Å². The molecule has 2 rings (SSSR count). The second-order valence-electron chi connectivity index (χ2n) is 13.4. The molecule has 230 valence electrons. The van der Waals surface area contributed by atoms with E-state index < -0.39 is 22.9 Å². The van der Waals surface area contributed by atoms with Crippen LogP contribution in [0.5, 0.6) is 0 Å². The highest BCUT2D eigenvalue weighted by molar-refractivity contribution is 5.91. The van der Waals surface area contributed by atoms with Gasteiger partial charge in [-0.05, 0) is 49.3 Å². The number of likely N-dealkylation sites (N-methyl/N-ethyl adjacent to an activating group) is 2. The first-order valence-corrected chi connectivity index (χ1v) is 14.9. The van der Waals surface area contributed by atoms with E-state index in [0.717, 1.165) is 37.1 Å². The zero-order valence-electron chi connectivity index (χ0n) is 27.0. The van der Waals surface area contributed by atoms with Gasteiger partial charge in [0.15, 0.2) is 0 Å². The molecule has 1 aliphatic rings. The van der Waals surface area contributed by atoms with E-state index in [-0.39, 0.29) is 36.3 Å². The molecule has 0 aliphatic carbocycles. The van der Waals surface area contributed by atoms with E-state index in [1.807, 2.05) is 82.9 Å². The largest absolute Gasteiger partial charge is 0.367 e. The quantitative estimate of drug-likeness (QED) is 0.348. The molecule has 1 heterocycles. The molecule has 1 saturated heterocycles. The van der Waals surface area contributed by atoms with Gasteiger partial charge in [-0.25, -0.2) is 0 Å². The summed E-state index contributed by atoms with van der Waals surface area (Å²) in [5, 5.41) is 6.30. The van der Waals surface area contributed by atoms with Crippen LogP contribution in [0.15, 0.2) is 42.0 Å². The van der Waals surface area contributed by atoms with Gasteiger partial charge in [0, 0.05) is 25.6 Å². The van der Waals surface area contributed by atoms with Crippen LogP contribution in [-0.4, -0.2) is 86.0 Å². The van der Waals surface area contributed by atoms with Crippen LogP contribution in [-0.2, 0) is 24.5 Å². The Kier molecular flexibility index (Phi) is 12.6. The molecule has 0 aromatic heterocycles. The third kappa shape index (κ3) is 9.40. The molecule has 1 fully saturated rings. The normalized spacial score (nSPS) is 16.9. The van der Waals surface area contributed by atoms with E-state index in [0.29, 0.717) is 6.61 Å². The monoisotopic (exact) mass is 570 g/mol. The number of ether oxygens (including phenoxy) is 1. The van der Waals surface area contributed by atoms with E-state index in [1.54, 1.807) is 19.0 Å². The van der Waals surface area contributed by atoms with E-state index in [4.69, 9.17) is 4.74 Å². The highest BCUT2D eigenvalue weighted by atomic mass is 16.5. The number of nitrogens with zero attached hydrogens (tertiary/aromatic N) is 2. The molecule has 1 aromatic carbocycles. The lowest BCUT2D eigenvalue weighted by Crippen LogP contribution is -2.61. The van der Waals surface area contributed by atoms with Crippen molar-refractivity contribution in [1.29, 1.82) is 0 Å². The van der Waals surface area contributed by atoms with E-state index >= 15 is 0 Å². The fraction of sp³-hybridized carbons (Fsp3) is 0.667. The van der Waals surface area contributed by atoms with Crippen molar-refractivity contribution in [2.45, 2.75) is 91.8 Å². The van der Waals surface area contributed by atoms with E-state index in [2.05, 4.69) is 24.5 Å². The van der Waals surface area contributed by atoms with Gasteiger partial charge in [0.1, 0.15) is 12.6 Å². The fourth-order valence-electron chi connectivity index (χ4n) is 5.53. The minimum atomic E-state index is -0.730. The van der Waals surface area contributed by atoms with Gasteiger partial charge >= 0.3 is 0 Å². The van der Waals surface area contributed by atoms with Gasteiger partial charge in [-0.3, -0.25) is 14.4 Å². The Balaban J connectivity index is 2.17. The SMILES string of the molecule is CNC(C(=O)N[C@H](C(=O)N(C)[C@H](C=C(C)COCC(=O)N1CCCC1)C(C)C)C(C)(C)C)C(C)(C)c1ccccc1. The van der Waals surface area contributed by atoms with Crippen LogP contribution < -0.4 is 10.6 Å². The molecule has 0 radical (unpaired) electrons. The molecule has 3 amide bonds. The van der Waals surface area contributed by atoms with Crippen LogP contribution in [0.1, 0.15) is 73.8 Å². The third-order valence-electron chi connectivity index (χ3n) is 8.14. The Labute approximate surface area is 248 Å². The standard InChI is InChI=1S/C33H54N4O4/c1-23(2)26(20-24(3)21-41-22-27(38)37-18-14-15-19-37)36(10)31(40)29(32(4,5)6)35-30(39)28(34-9)33(7,8)25-16-12-11-13-17-25/h11-13,16-17,20,23,26,28-29,34H,14-15,18-19,21-22H2,1-10H3,(H,35,39)/t26-,28?,29-/m1/s1. The highest BCUT2D eigenvalue weighted by Crippen LogP contribution is 2.29. The average Bonchev–Trinajstić information content (AvgIpc) is 3.45. The molecule has 0 spiro atoms. The maximum Gasteiger partial charge on any atom is 0.248 e. The summed E-state index contributed by atoms with van der Waals surface area (Å²) in [7, 11) is 3.57. The number of rotatable bonds is 13. The number of likely N-dealkylation sites (tertiary alicyclic amines) is 1. The summed E-state index contributed by atoms with van der Waals surface area (Å²) in [6.45, 7) is 18.1. The molecule has 1 aliphatic heterocycles. The van der Waals surface area contributed by atoms with Crippen molar-refractivity contribution in [1.82, 2.24) is 20.4 Å². The highest BCUT2D eigenvalue weighted by Gasteiger charge is 2.41. The Morgan fingerprint density at radius 2 is 1.59 bits per heavy atom. The molecular weight excluding hydrogens is 516 g/mol. The minimum Gasteiger partial charge on any atom is -0.367 e. The predicted octanol–water partition coefficient (Wildman–Crippen LogP) is 4.15. The molecule has 8 heteroatoms. The van der Waals surface area contributed by atoms with Gasteiger partial charge in [-0.2, -0.15) is 0 Å². The Morgan fingerprint density at radius 3 is 2.10 bits per heavy atom. The van der Waals surface area contributed by atoms with Crippen LogP contribution in [0.2, 0.25) is 0 Å². The first-order chi connectivity index (χ1) is 19.1. The van der Waals surface area contributed by atoms with Crippen molar-refractivity contribution in [3.8, 4) is 0 Å². The van der Waals surface area contributed by atoms with Gasteiger partial charge in [0.25, 0.3) is 0 Å². The van der Waals surface area contributed by atoms with Crippen molar-refractivity contribution in [3.63, 3.8) is 0 Å². The Morgan fingerprint density at radius 1 is 1.00 bits per heavy atom. The molecule has 0 saturated carbocycles. The summed E-state index contributed by atoms with van der Waals surface area (Å²) in [4.78, 5) is 43.6. The van der Waals surface area contributed by atoms with Crippen molar-refractivity contribution in [2.75, 3.05) is 40.4 Å². The number of carbonyl (C=O) groups is 3. The average molecular weight is 571 g/mol. The number of hydrogen-bond acceptors (Lipinski definition) is 5. The van der Waals surface area contributed by atoms with Crippen LogP contribution in [0.4, 0.5) is 0 Å². The predicted molar refractivity (Wildman–Crippen MR) is 165 cm³/mol. The lowest BCUT2D eigenvalue weighted by Gasteiger charge is -2.40. The molecule has 1 unspecified atom stereocenters. The number of amides is 3. The molecule has 0 bridgehead atoms. The van der Waals surface area contributed by atoms with E-state index in [1.165, 1.54) is 0 Å². The Hall–Kier alpha value is -2.71. The lowest BCUT2D eigenvalue weighted by molar-refractivity contribution is -0.140. The number of hydrogen-bond donors (Lipinski definition) is 2. The van der Waals surface area contributed by atoms with Crippen molar-refractivity contribution >= 4 is 17.7 Å². The molecule has 3 atom stereocenters. The van der Waals surface area contributed by atoms with Gasteiger partial charge < -0.3 is 25.2 Å². The summed E-state index contributed by atoms with van der Waals surface area (Å²) in [5.41, 5.74) is 0.965. The third-order valence-corrected chi connectivity index (χ3v) is 8.14. The summed E-state index contributed by atoms with van der Waals surface area (Å²) < 4.78 is 5.72. The summed E-state index contributed by atoms with van der Waals surface area (Å²) >= 11 is 0. The summed E-state index contributed by atoms with van der Waals surface area (Å²) in [6, 6.07) is 8.45. The summed E-state index contributed by atoms with van der Waals surface area (Å²) in [5.74, 6) is -0.205. The number of benzene rings is 1. The van der Waals surface area contributed by atoms with Gasteiger partial charge in [0.2, 0.25) is 17.7 Å². The van der Waals surface area contributed by atoms with Gasteiger partial charge in [-0.1, -0.05) is 84.9 Å². The number of nitrogens with one attached hydrogen (secondary N) is 2. The Bertz CT molecular complexity index is 1040. The first-order valence-electron chi connectivity index (χ1n) is 14.9. The lowest BCUT2D eigenvalue weighted by atomic mass is 9.76. The van der Waals surface area contributed by atoms with Crippen molar-refractivity contribution < 1.29 is 19.1 Å². The van der Waals surface area contributed by atoms with Gasteiger partial charge in [0.05, 0.1) is 18.7 Å². The molecule has 41 heavy (non-hydrogen) atoms. The zero-order chi connectivity index (χ0) is 31.0. The number of carbonyl (C=O) groups excluding carboxylic acids is 3. The first kappa shape index (κ1) is 34.5. The molecule has 2 N–H and O–H groups in total. The molecule has 1 aromatic rings. The van der Waals surface area contributed by atoms with Crippen molar-refractivity contribution in [2.24, 2.45) is 11.3 Å². The van der Waals surface area contributed by atoms with Crippen LogP contribution in [0.3, 0.4) is 0 Å². The van der Waals surface area contributed by atoms with Crippen LogP contribution >= 0.6 is 0 Å². The second kappa shape index (κ2) is 15.0. The minimum absolute atomic E-state index is 0.0297. The van der Waals surface area contributed by atoms with Crippen LogP contribution in [0.25, 0.3) is 0 Å². The van der Waals surface area contributed by atoms with Crippen LogP contribution in [0, 0.1) is 11.3 Å². The molecule has 8 nitrogen and oxygen atoms in total. The smallest absolute Gasteiger partial charge is 0.248 e. The topological polar surface area (TPSA) is 91.0 Å².